The molecular weight excluding hydrogens is 993 g/mol. The second-order valence-corrected chi connectivity index (χ2v) is 16.6. The number of amides is 5. The molecule has 0 aromatic rings. The van der Waals surface area contributed by atoms with E-state index in [4.69, 9.17) is 29.4 Å². The molecule has 0 aliphatic carbocycles. The molecule has 7 N–H and O–H groups in total. The minimum atomic E-state index is -1.18. The Hall–Kier alpha value is -5.30. The van der Waals surface area contributed by atoms with Crippen molar-refractivity contribution >= 4 is 71.8 Å². The average molecular weight is 1070 g/mol. The summed E-state index contributed by atoms with van der Waals surface area (Å²) in [5.74, 6) is -4.19. The fourth-order valence-corrected chi connectivity index (χ4v) is 3.99. The Morgan fingerprint density at radius 3 is 1.19 bits per heavy atom. The molecular formula is C43H75N6O19Y-. The SMILES string of the molecule is CC(=O)C[C@H](NC(=O)CNC(=O)OC(C)(C)C)C(C)=O.CC(C)(C)OC(=O)NC[C-]=O.CCOC(=O)C[C@H](N)C(=O)OCC.CCOC(=O)C[C@H](NC(=O)CNC(=O)OC(C)(C)C)C(=O)OCC.[Y]. The Kier molecular flexibility index (Phi) is 41.6. The summed E-state index contributed by atoms with van der Waals surface area (Å²) >= 11 is 0. The summed E-state index contributed by atoms with van der Waals surface area (Å²) in [6.45, 7) is 24.5. The molecule has 3 atom stereocenters. The van der Waals surface area contributed by atoms with Gasteiger partial charge in [0.25, 0.3) is 0 Å². The Morgan fingerprint density at radius 2 is 0.855 bits per heavy atom. The van der Waals surface area contributed by atoms with Crippen molar-refractivity contribution in [2.75, 3.05) is 46.1 Å². The van der Waals surface area contributed by atoms with Crippen molar-refractivity contribution in [3.8, 4) is 0 Å². The van der Waals surface area contributed by atoms with E-state index < -0.39 is 95.4 Å². The maximum Gasteiger partial charge on any atom is 0.408 e. The van der Waals surface area contributed by atoms with Gasteiger partial charge in [0.05, 0.1) is 45.3 Å². The molecule has 0 aliphatic rings. The van der Waals surface area contributed by atoms with Crippen LogP contribution in [0.1, 0.15) is 123 Å². The van der Waals surface area contributed by atoms with Gasteiger partial charge in [-0.3, -0.25) is 33.6 Å². The number of rotatable bonds is 21. The first-order valence-electron chi connectivity index (χ1n) is 21.4. The topological polar surface area (TPSA) is 356 Å². The van der Waals surface area contributed by atoms with Crippen LogP contribution in [0.15, 0.2) is 0 Å². The van der Waals surface area contributed by atoms with Crippen LogP contribution >= 0.6 is 0 Å². The summed E-state index contributed by atoms with van der Waals surface area (Å²) in [5, 5.41) is 11.4. The molecule has 0 saturated heterocycles. The van der Waals surface area contributed by atoms with E-state index in [0.29, 0.717) is 0 Å². The molecule has 0 aromatic heterocycles. The first-order valence-corrected chi connectivity index (χ1v) is 21.4. The first-order chi connectivity index (χ1) is 31.2. The molecule has 395 valence electrons. The summed E-state index contributed by atoms with van der Waals surface area (Å²) in [7, 11) is 0. The predicted molar refractivity (Wildman–Crippen MR) is 242 cm³/mol. The number of ketones is 2. The van der Waals surface area contributed by atoms with E-state index in [1.54, 1.807) is 90.0 Å². The van der Waals surface area contributed by atoms with Crippen molar-refractivity contribution in [1.29, 1.82) is 0 Å². The third kappa shape index (κ3) is 50.4. The van der Waals surface area contributed by atoms with E-state index in [0.717, 1.165) is 0 Å². The van der Waals surface area contributed by atoms with Crippen molar-refractivity contribution in [2.45, 2.75) is 158 Å². The van der Waals surface area contributed by atoms with Crippen LogP contribution in [0.3, 0.4) is 0 Å². The number of ether oxygens (including phenoxy) is 7. The summed E-state index contributed by atoms with van der Waals surface area (Å²) in [6.07, 6.45) is -1.12. The van der Waals surface area contributed by atoms with Crippen LogP contribution in [-0.2, 0) is 109 Å². The molecule has 0 fully saturated rings. The van der Waals surface area contributed by atoms with E-state index >= 15 is 0 Å². The Labute approximate surface area is 429 Å². The third-order valence-corrected chi connectivity index (χ3v) is 6.47. The fourth-order valence-electron chi connectivity index (χ4n) is 3.99. The van der Waals surface area contributed by atoms with Gasteiger partial charge in [-0.1, -0.05) is 6.54 Å². The number of esters is 4. The van der Waals surface area contributed by atoms with E-state index in [-0.39, 0.29) is 103 Å². The van der Waals surface area contributed by atoms with Gasteiger partial charge in [0.1, 0.15) is 47.8 Å². The normalized spacial score (nSPS) is 11.6. The fraction of sp³-hybridized carbons (Fsp3) is 0.721. The van der Waals surface area contributed by atoms with Gasteiger partial charge in [0.2, 0.25) is 11.8 Å². The number of carbonyl (C=O) groups is 11. The first kappa shape index (κ1) is 72.7. The van der Waals surface area contributed by atoms with Crippen LogP contribution in [0.4, 0.5) is 14.4 Å². The molecule has 0 aromatic carbocycles. The van der Waals surface area contributed by atoms with Gasteiger partial charge >= 0.3 is 42.2 Å². The number of carbonyl (C=O) groups excluding carboxylic acids is 12. The Balaban J connectivity index is -0.000000274. The van der Waals surface area contributed by atoms with Crippen LogP contribution in [0.2, 0.25) is 0 Å². The van der Waals surface area contributed by atoms with E-state index in [1.807, 2.05) is 0 Å². The summed E-state index contributed by atoms with van der Waals surface area (Å²) < 4.78 is 33.5. The van der Waals surface area contributed by atoms with Crippen molar-refractivity contribution in [3.05, 3.63) is 0 Å². The molecule has 0 saturated carbocycles. The molecule has 0 rings (SSSR count). The quantitative estimate of drug-likeness (QED) is 0.0539. The van der Waals surface area contributed by atoms with Crippen molar-refractivity contribution < 1.29 is 123 Å². The van der Waals surface area contributed by atoms with E-state index in [9.17, 15) is 57.5 Å². The Morgan fingerprint density at radius 1 is 0.507 bits per heavy atom. The molecule has 0 heterocycles. The maximum atomic E-state index is 11.8. The summed E-state index contributed by atoms with van der Waals surface area (Å²) in [5.41, 5.74) is 3.49. The number of alkyl carbamates (subject to hydrolysis) is 3. The number of nitrogens with one attached hydrogen (secondary N) is 5. The monoisotopic (exact) mass is 1070 g/mol. The van der Waals surface area contributed by atoms with Crippen molar-refractivity contribution in [1.82, 2.24) is 26.6 Å². The largest absolute Gasteiger partial charge is 0.540 e. The molecule has 0 spiro atoms. The third-order valence-electron chi connectivity index (χ3n) is 6.47. The van der Waals surface area contributed by atoms with Gasteiger partial charge in [-0.15, -0.1) is 0 Å². The van der Waals surface area contributed by atoms with Gasteiger partial charge in [0, 0.05) is 39.1 Å². The zero-order valence-corrected chi connectivity index (χ0v) is 45.6. The molecule has 0 aliphatic heterocycles. The number of hydrogen-bond acceptors (Lipinski definition) is 20. The summed E-state index contributed by atoms with van der Waals surface area (Å²) in [4.78, 5) is 134. The molecule has 5 amide bonds. The van der Waals surface area contributed by atoms with Crippen LogP contribution in [0, 0.1) is 0 Å². The molecule has 25 nitrogen and oxygen atoms in total. The average Bonchev–Trinajstić information content (AvgIpc) is 3.17. The molecule has 69 heavy (non-hydrogen) atoms. The smallest absolute Gasteiger partial charge is 0.408 e. The van der Waals surface area contributed by atoms with E-state index in [1.165, 1.54) is 20.1 Å². The number of nitrogens with two attached hydrogens (primary N) is 1. The summed E-state index contributed by atoms with van der Waals surface area (Å²) in [6, 6.07) is -2.96. The Bertz CT molecular complexity index is 1640. The zero-order valence-electron chi connectivity index (χ0n) is 42.7. The van der Waals surface area contributed by atoms with Crippen molar-refractivity contribution in [3.63, 3.8) is 0 Å². The molecule has 0 unspecified atom stereocenters. The second-order valence-electron chi connectivity index (χ2n) is 16.6. The van der Waals surface area contributed by atoms with Gasteiger partial charge < -0.3 is 70.3 Å². The van der Waals surface area contributed by atoms with E-state index in [2.05, 4.69) is 36.1 Å². The second kappa shape index (κ2) is 39.5. The van der Waals surface area contributed by atoms with Gasteiger partial charge in [-0.05, 0) is 104 Å². The van der Waals surface area contributed by atoms with Crippen LogP contribution < -0.4 is 32.3 Å². The minimum absolute atomic E-state index is 0. The number of hydrogen-bond donors (Lipinski definition) is 6. The maximum absolute atomic E-state index is 11.8. The van der Waals surface area contributed by atoms with Gasteiger partial charge in [0.15, 0.2) is 5.78 Å². The van der Waals surface area contributed by atoms with Crippen molar-refractivity contribution in [2.24, 2.45) is 5.73 Å². The van der Waals surface area contributed by atoms with Gasteiger partial charge in [-0.25, -0.2) is 25.5 Å². The standard InChI is InChI=1S/C15H26N2O7.C13H22N2O5.C8H15NO4.C7H12NO3.Y/c1-6-22-12(19)8-10(13(20)23-7-2)17-11(18)9-16-14(21)24-15(3,4)5;1-8(16)6-10(9(2)17)15-11(18)7-14-12(19)20-13(3,4)5;1-3-12-7(10)5-6(9)8(11)13-4-2;1-7(2,3)11-6(10)8-4-5-9;/h10H,6-9H2,1-5H3,(H,16,21)(H,17,18);10H,6-7H2,1-5H3,(H,14,19)(H,15,18);6H,3-5,9H2,1-2H3;4H2,1-3H3,(H,8,10);/q;;;-1;/t2*10-;6-;;/m000../s1. The van der Waals surface area contributed by atoms with Crippen LogP contribution in [0.25, 0.3) is 0 Å². The predicted octanol–water partition coefficient (Wildman–Crippen LogP) is 1.52. The minimum Gasteiger partial charge on any atom is -0.540 e. The molecule has 1 radical (unpaired) electrons. The van der Waals surface area contributed by atoms with Crippen LogP contribution in [0.5, 0.6) is 0 Å². The van der Waals surface area contributed by atoms with Gasteiger partial charge in [-0.2, -0.15) is 0 Å². The molecule has 0 bridgehead atoms. The van der Waals surface area contributed by atoms with Crippen LogP contribution in [-0.4, -0.2) is 153 Å². The molecule has 26 heteroatoms. The number of Topliss-reactive ketones (excluding diaryl/α,β-unsaturated/α-hetero) is 2. The zero-order chi connectivity index (χ0) is 53.8.